The highest BCUT2D eigenvalue weighted by Gasteiger charge is 2.15. The van der Waals surface area contributed by atoms with Crippen molar-refractivity contribution in [3.8, 4) is 17.2 Å². The van der Waals surface area contributed by atoms with E-state index in [0.29, 0.717) is 40.3 Å². The van der Waals surface area contributed by atoms with E-state index in [1.807, 2.05) is 12.1 Å². The number of rotatable bonds is 6. The van der Waals surface area contributed by atoms with E-state index >= 15 is 0 Å². The second-order valence-electron chi connectivity index (χ2n) is 6.85. The first-order chi connectivity index (χ1) is 15.0. The van der Waals surface area contributed by atoms with Crippen LogP contribution in [0.3, 0.4) is 0 Å². The lowest BCUT2D eigenvalue weighted by atomic mass is 10.2. The van der Waals surface area contributed by atoms with Gasteiger partial charge in [-0.15, -0.1) is 0 Å². The molecule has 0 radical (unpaired) electrons. The van der Waals surface area contributed by atoms with Gasteiger partial charge in [0, 0.05) is 30.6 Å². The SMILES string of the molecule is COc1ccc2c(=O)c(Oc3ccc(C(=O)NCc4cccnc4)cc3)c(C)oc2c1. The Bertz CT molecular complexity index is 1280. The van der Waals surface area contributed by atoms with Crippen molar-refractivity contribution in [3.05, 3.63) is 94.1 Å². The van der Waals surface area contributed by atoms with Gasteiger partial charge in [-0.2, -0.15) is 0 Å². The fourth-order valence-electron chi connectivity index (χ4n) is 3.09. The van der Waals surface area contributed by atoms with Crippen molar-refractivity contribution < 1.29 is 18.7 Å². The fourth-order valence-corrected chi connectivity index (χ4v) is 3.09. The van der Waals surface area contributed by atoms with Crippen molar-refractivity contribution in [3.63, 3.8) is 0 Å². The number of pyridine rings is 1. The molecule has 0 saturated carbocycles. The molecule has 0 aliphatic heterocycles. The zero-order valence-electron chi connectivity index (χ0n) is 17.0. The minimum absolute atomic E-state index is 0.103. The number of carbonyl (C=O) groups is 1. The molecule has 7 heteroatoms. The number of nitrogens with zero attached hydrogens (tertiary/aromatic N) is 1. The minimum atomic E-state index is -0.278. The maximum atomic E-state index is 12.9. The Morgan fingerprint density at radius 2 is 1.87 bits per heavy atom. The van der Waals surface area contributed by atoms with Crippen LogP contribution in [-0.4, -0.2) is 18.0 Å². The topological polar surface area (TPSA) is 90.7 Å². The summed E-state index contributed by atoms with van der Waals surface area (Å²) < 4.78 is 16.7. The number of methoxy groups -OCH3 is 1. The molecule has 0 saturated heterocycles. The number of hydrogen-bond acceptors (Lipinski definition) is 6. The van der Waals surface area contributed by atoms with Crippen LogP contribution in [0.25, 0.3) is 11.0 Å². The second kappa shape index (κ2) is 8.71. The molecule has 0 aliphatic carbocycles. The molecule has 0 bridgehead atoms. The van der Waals surface area contributed by atoms with Crippen LogP contribution in [0.2, 0.25) is 0 Å². The molecule has 1 amide bonds. The monoisotopic (exact) mass is 416 g/mol. The lowest BCUT2D eigenvalue weighted by Crippen LogP contribution is -2.22. The van der Waals surface area contributed by atoms with Gasteiger partial charge in [0.15, 0.2) is 0 Å². The molecular weight excluding hydrogens is 396 g/mol. The Labute approximate surface area is 178 Å². The van der Waals surface area contributed by atoms with E-state index in [-0.39, 0.29) is 17.1 Å². The van der Waals surface area contributed by atoms with Gasteiger partial charge in [-0.05, 0) is 55.0 Å². The summed E-state index contributed by atoms with van der Waals surface area (Å²) in [5.74, 6) is 1.26. The molecule has 4 aromatic rings. The summed E-state index contributed by atoms with van der Waals surface area (Å²) in [6, 6.07) is 15.2. The number of aryl methyl sites for hydroxylation is 1. The van der Waals surface area contributed by atoms with Gasteiger partial charge >= 0.3 is 0 Å². The highest BCUT2D eigenvalue weighted by atomic mass is 16.5. The smallest absolute Gasteiger partial charge is 0.251 e. The molecule has 2 aromatic heterocycles. The third kappa shape index (κ3) is 4.40. The molecule has 156 valence electrons. The van der Waals surface area contributed by atoms with Crippen molar-refractivity contribution in [1.82, 2.24) is 10.3 Å². The van der Waals surface area contributed by atoms with Crippen LogP contribution in [0, 0.1) is 6.92 Å². The third-order valence-corrected chi connectivity index (χ3v) is 4.73. The Morgan fingerprint density at radius 1 is 1.10 bits per heavy atom. The molecule has 0 unspecified atom stereocenters. The van der Waals surface area contributed by atoms with Gasteiger partial charge in [0.25, 0.3) is 5.91 Å². The van der Waals surface area contributed by atoms with Crippen molar-refractivity contribution in [2.45, 2.75) is 13.5 Å². The van der Waals surface area contributed by atoms with Crippen molar-refractivity contribution in [1.29, 1.82) is 0 Å². The Hall–Kier alpha value is -4.13. The van der Waals surface area contributed by atoms with E-state index in [2.05, 4.69) is 10.3 Å². The van der Waals surface area contributed by atoms with E-state index in [4.69, 9.17) is 13.9 Å². The lowest BCUT2D eigenvalue weighted by molar-refractivity contribution is 0.0951. The molecule has 0 aliphatic rings. The van der Waals surface area contributed by atoms with Gasteiger partial charge in [-0.3, -0.25) is 14.6 Å². The van der Waals surface area contributed by atoms with Crippen molar-refractivity contribution >= 4 is 16.9 Å². The van der Waals surface area contributed by atoms with E-state index in [1.54, 1.807) is 68.9 Å². The molecule has 2 heterocycles. The zero-order chi connectivity index (χ0) is 21.8. The van der Waals surface area contributed by atoms with E-state index in [1.165, 1.54) is 0 Å². The molecule has 2 aromatic carbocycles. The molecule has 31 heavy (non-hydrogen) atoms. The number of nitrogens with one attached hydrogen (secondary N) is 1. The second-order valence-corrected chi connectivity index (χ2v) is 6.85. The first-order valence-corrected chi connectivity index (χ1v) is 9.61. The quantitative estimate of drug-likeness (QED) is 0.506. The van der Waals surface area contributed by atoms with Crippen LogP contribution in [-0.2, 0) is 6.54 Å². The van der Waals surface area contributed by atoms with Crippen LogP contribution in [0.5, 0.6) is 17.2 Å². The first-order valence-electron chi connectivity index (χ1n) is 9.61. The number of benzene rings is 2. The van der Waals surface area contributed by atoms with Gasteiger partial charge in [-0.1, -0.05) is 6.07 Å². The molecule has 1 N–H and O–H groups in total. The van der Waals surface area contributed by atoms with Gasteiger partial charge in [0.05, 0.1) is 12.5 Å². The van der Waals surface area contributed by atoms with E-state index in [9.17, 15) is 9.59 Å². The minimum Gasteiger partial charge on any atom is -0.497 e. The molecule has 4 rings (SSSR count). The van der Waals surface area contributed by atoms with E-state index < -0.39 is 0 Å². The predicted molar refractivity (Wildman–Crippen MR) is 116 cm³/mol. The zero-order valence-corrected chi connectivity index (χ0v) is 17.0. The number of amides is 1. The fraction of sp³-hybridized carbons (Fsp3) is 0.125. The van der Waals surface area contributed by atoms with Crippen LogP contribution in [0.4, 0.5) is 0 Å². The van der Waals surface area contributed by atoms with Gasteiger partial charge in [0.1, 0.15) is 22.8 Å². The molecule has 7 nitrogen and oxygen atoms in total. The average Bonchev–Trinajstić information content (AvgIpc) is 2.81. The standard InChI is InChI=1S/C24H20N2O5/c1-15-23(22(27)20-10-9-19(29-2)12-21(20)30-15)31-18-7-5-17(6-8-18)24(28)26-14-16-4-3-11-25-13-16/h3-13H,14H2,1-2H3,(H,26,28). The Morgan fingerprint density at radius 3 is 2.58 bits per heavy atom. The van der Waals surface area contributed by atoms with Gasteiger partial charge in [-0.25, -0.2) is 0 Å². The summed E-state index contributed by atoms with van der Waals surface area (Å²) in [6.07, 6.45) is 3.38. The maximum absolute atomic E-state index is 12.9. The summed E-state index contributed by atoms with van der Waals surface area (Å²) in [5.41, 5.74) is 1.53. The third-order valence-electron chi connectivity index (χ3n) is 4.73. The van der Waals surface area contributed by atoms with Crippen LogP contribution >= 0.6 is 0 Å². The predicted octanol–water partition coefficient (Wildman–Crippen LogP) is 4.23. The molecular formula is C24H20N2O5. The van der Waals surface area contributed by atoms with E-state index in [0.717, 1.165) is 5.56 Å². The summed E-state index contributed by atoms with van der Waals surface area (Å²) in [6.45, 7) is 2.04. The van der Waals surface area contributed by atoms with Gasteiger partial charge in [0.2, 0.25) is 11.2 Å². The largest absolute Gasteiger partial charge is 0.497 e. The summed E-state index contributed by atoms with van der Waals surface area (Å²) in [7, 11) is 1.55. The normalized spacial score (nSPS) is 10.6. The molecule has 0 spiro atoms. The Balaban J connectivity index is 1.50. The Kier molecular flexibility index (Phi) is 5.66. The van der Waals surface area contributed by atoms with Crippen LogP contribution in [0.15, 0.2) is 76.2 Å². The lowest BCUT2D eigenvalue weighted by Gasteiger charge is -2.10. The highest BCUT2D eigenvalue weighted by molar-refractivity contribution is 5.94. The number of carbonyl (C=O) groups excluding carboxylic acids is 1. The van der Waals surface area contributed by atoms with Crippen LogP contribution in [0.1, 0.15) is 21.7 Å². The van der Waals surface area contributed by atoms with Crippen LogP contribution < -0.4 is 20.2 Å². The van der Waals surface area contributed by atoms with Crippen molar-refractivity contribution in [2.75, 3.05) is 7.11 Å². The summed E-state index contributed by atoms with van der Waals surface area (Å²) in [4.78, 5) is 29.2. The number of ether oxygens (including phenoxy) is 2. The average molecular weight is 416 g/mol. The summed E-state index contributed by atoms with van der Waals surface area (Å²) >= 11 is 0. The number of aromatic nitrogens is 1. The number of hydrogen-bond donors (Lipinski definition) is 1. The molecule has 0 atom stereocenters. The molecule has 0 fully saturated rings. The van der Waals surface area contributed by atoms with Gasteiger partial charge < -0.3 is 19.2 Å². The van der Waals surface area contributed by atoms with Crippen molar-refractivity contribution in [2.24, 2.45) is 0 Å². The number of fused-ring (bicyclic) bond motifs is 1. The maximum Gasteiger partial charge on any atom is 0.251 e. The highest BCUT2D eigenvalue weighted by Crippen LogP contribution is 2.27. The summed E-state index contributed by atoms with van der Waals surface area (Å²) in [5, 5.41) is 3.23. The first kappa shape index (κ1) is 20.2.